The van der Waals surface area contributed by atoms with Crippen LogP contribution in [-0.2, 0) is 4.79 Å². The quantitative estimate of drug-likeness (QED) is 0.737. The first kappa shape index (κ1) is 12.2. The smallest absolute Gasteiger partial charge is 0.159 e. The largest absolute Gasteiger partial charge is 0.299 e. The topological polar surface area (TPSA) is 17.1 Å². The molecule has 0 aliphatic rings. The van der Waals surface area contributed by atoms with Gasteiger partial charge in [-0.1, -0.05) is 6.92 Å². The Balaban J connectivity index is 2.80. The van der Waals surface area contributed by atoms with E-state index >= 15 is 0 Å². The van der Waals surface area contributed by atoms with Crippen molar-refractivity contribution in [3.8, 4) is 0 Å². The Hall–Kier alpha value is -0.900. The molecule has 1 nitrogen and oxygen atoms in total. The number of Topliss-reactive ketones (excluding diaryl/α,β-unsaturated/α-hetero) is 1. The van der Waals surface area contributed by atoms with Crippen molar-refractivity contribution in [3.05, 3.63) is 29.8 Å². The van der Waals surface area contributed by atoms with E-state index in [1.54, 1.807) is 0 Å². The van der Waals surface area contributed by atoms with Crippen LogP contribution in [0.1, 0.15) is 20.3 Å². The van der Waals surface area contributed by atoms with Crippen molar-refractivity contribution in [3.63, 3.8) is 0 Å². The lowest BCUT2D eigenvalue weighted by Crippen LogP contribution is -2.11. The Morgan fingerprint density at radius 3 is 2.53 bits per heavy atom. The summed E-state index contributed by atoms with van der Waals surface area (Å²) in [5, 5.41) is -0.185. The van der Waals surface area contributed by atoms with Gasteiger partial charge in [-0.3, -0.25) is 4.79 Å². The highest BCUT2D eigenvalue weighted by Gasteiger charge is 2.14. The van der Waals surface area contributed by atoms with Gasteiger partial charge in [-0.2, -0.15) is 0 Å². The average molecular weight is 230 g/mol. The standard InChI is InChI=1S/C11H12F2OS/c1-3-11(7(2)14)15-8-4-5-9(12)10(13)6-8/h4-6,11H,3H2,1-2H3. The summed E-state index contributed by atoms with van der Waals surface area (Å²) in [6, 6.07) is 3.67. The molecule has 1 unspecified atom stereocenters. The molecule has 0 fully saturated rings. The fourth-order valence-electron chi connectivity index (χ4n) is 1.17. The number of halogens is 2. The SMILES string of the molecule is CCC(Sc1ccc(F)c(F)c1)C(C)=O. The molecule has 0 bridgehead atoms. The van der Waals surface area contributed by atoms with Crippen LogP contribution in [0.15, 0.2) is 23.1 Å². The number of hydrogen-bond donors (Lipinski definition) is 0. The molecule has 0 N–H and O–H groups in total. The maximum Gasteiger partial charge on any atom is 0.159 e. The molecule has 0 saturated carbocycles. The van der Waals surface area contributed by atoms with Crippen molar-refractivity contribution >= 4 is 17.5 Å². The lowest BCUT2D eigenvalue weighted by Gasteiger charge is -2.10. The molecule has 0 saturated heterocycles. The second-order valence-corrected chi connectivity index (χ2v) is 4.48. The van der Waals surface area contributed by atoms with Gasteiger partial charge in [0.25, 0.3) is 0 Å². The maximum atomic E-state index is 12.9. The molecule has 0 heterocycles. The Labute approximate surface area is 91.9 Å². The summed E-state index contributed by atoms with van der Waals surface area (Å²) in [6.07, 6.45) is 0.680. The van der Waals surface area contributed by atoms with Crippen LogP contribution in [0.25, 0.3) is 0 Å². The van der Waals surface area contributed by atoms with Gasteiger partial charge in [-0.05, 0) is 31.5 Å². The summed E-state index contributed by atoms with van der Waals surface area (Å²) in [4.78, 5) is 11.7. The summed E-state index contributed by atoms with van der Waals surface area (Å²) in [5.41, 5.74) is 0. The number of carbonyl (C=O) groups is 1. The molecule has 1 aromatic carbocycles. The van der Waals surface area contributed by atoms with E-state index in [1.807, 2.05) is 6.92 Å². The van der Waals surface area contributed by atoms with Gasteiger partial charge in [-0.15, -0.1) is 11.8 Å². The molecule has 1 atom stereocenters. The maximum absolute atomic E-state index is 12.9. The third kappa shape index (κ3) is 3.30. The third-order valence-electron chi connectivity index (χ3n) is 1.99. The predicted molar refractivity (Wildman–Crippen MR) is 57.0 cm³/mol. The minimum Gasteiger partial charge on any atom is -0.299 e. The molecule has 0 radical (unpaired) electrons. The highest BCUT2D eigenvalue weighted by molar-refractivity contribution is 8.00. The molecule has 0 amide bonds. The van der Waals surface area contributed by atoms with Crippen molar-refractivity contribution in [1.29, 1.82) is 0 Å². The summed E-state index contributed by atoms with van der Waals surface area (Å²) < 4.78 is 25.5. The average Bonchev–Trinajstić information content (AvgIpc) is 2.19. The van der Waals surface area contributed by atoms with E-state index in [1.165, 1.54) is 24.8 Å². The van der Waals surface area contributed by atoms with Gasteiger partial charge in [0, 0.05) is 4.90 Å². The molecule has 82 valence electrons. The Bertz CT molecular complexity index is 366. The fourth-order valence-corrected chi connectivity index (χ4v) is 2.15. The Morgan fingerprint density at radius 2 is 2.07 bits per heavy atom. The van der Waals surface area contributed by atoms with Gasteiger partial charge in [-0.25, -0.2) is 8.78 Å². The fraction of sp³-hybridized carbons (Fsp3) is 0.364. The predicted octanol–water partition coefficient (Wildman–Crippen LogP) is 3.42. The Morgan fingerprint density at radius 1 is 1.40 bits per heavy atom. The van der Waals surface area contributed by atoms with E-state index in [-0.39, 0.29) is 11.0 Å². The van der Waals surface area contributed by atoms with Crippen molar-refractivity contribution in [1.82, 2.24) is 0 Å². The van der Waals surface area contributed by atoms with E-state index < -0.39 is 11.6 Å². The van der Waals surface area contributed by atoms with E-state index in [9.17, 15) is 13.6 Å². The van der Waals surface area contributed by atoms with Crippen LogP contribution in [0.2, 0.25) is 0 Å². The third-order valence-corrected chi connectivity index (χ3v) is 3.47. The molecule has 0 aliphatic carbocycles. The van der Waals surface area contributed by atoms with Crippen molar-refractivity contribution in [2.24, 2.45) is 0 Å². The molecular weight excluding hydrogens is 218 g/mol. The highest BCUT2D eigenvalue weighted by atomic mass is 32.2. The zero-order chi connectivity index (χ0) is 11.4. The summed E-state index contributed by atoms with van der Waals surface area (Å²) in [6.45, 7) is 3.39. The number of rotatable bonds is 4. The minimum absolute atomic E-state index is 0.0484. The normalized spacial score (nSPS) is 12.5. The summed E-state index contributed by atoms with van der Waals surface area (Å²) in [7, 11) is 0. The molecule has 15 heavy (non-hydrogen) atoms. The van der Waals surface area contributed by atoms with Crippen LogP contribution < -0.4 is 0 Å². The van der Waals surface area contributed by atoms with Gasteiger partial charge in [0.05, 0.1) is 5.25 Å². The second-order valence-electron chi connectivity index (χ2n) is 3.20. The van der Waals surface area contributed by atoms with E-state index in [0.717, 1.165) is 12.1 Å². The second kappa shape index (κ2) is 5.26. The lowest BCUT2D eigenvalue weighted by atomic mass is 10.2. The first-order chi connectivity index (χ1) is 7.04. The van der Waals surface area contributed by atoms with Gasteiger partial charge >= 0.3 is 0 Å². The summed E-state index contributed by atoms with van der Waals surface area (Å²) >= 11 is 1.26. The van der Waals surface area contributed by atoms with Crippen LogP contribution in [-0.4, -0.2) is 11.0 Å². The number of thioether (sulfide) groups is 1. The summed E-state index contributed by atoms with van der Waals surface area (Å²) in [5.74, 6) is -1.69. The molecule has 0 aromatic heterocycles. The van der Waals surface area contributed by atoms with Gasteiger partial charge < -0.3 is 0 Å². The lowest BCUT2D eigenvalue weighted by molar-refractivity contribution is -0.116. The van der Waals surface area contributed by atoms with Gasteiger partial charge in [0.15, 0.2) is 11.6 Å². The van der Waals surface area contributed by atoms with Crippen LogP contribution in [0.5, 0.6) is 0 Å². The molecular formula is C11H12F2OS. The number of hydrogen-bond acceptors (Lipinski definition) is 2. The highest BCUT2D eigenvalue weighted by Crippen LogP contribution is 2.27. The monoisotopic (exact) mass is 230 g/mol. The van der Waals surface area contributed by atoms with Crippen molar-refractivity contribution < 1.29 is 13.6 Å². The molecule has 4 heteroatoms. The molecule has 1 aromatic rings. The number of carbonyl (C=O) groups excluding carboxylic acids is 1. The number of benzene rings is 1. The van der Waals surface area contributed by atoms with Crippen LogP contribution >= 0.6 is 11.8 Å². The van der Waals surface area contributed by atoms with Gasteiger partial charge in [0.1, 0.15) is 5.78 Å². The molecule has 1 rings (SSSR count). The minimum atomic E-state index is -0.876. The first-order valence-electron chi connectivity index (χ1n) is 4.66. The van der Waals surface area contributed by atoms with Crippen LogP contribution in [0.3, 0.4) is 0 Å². The van der Waals surface area contributed by atoms with Crippen LogP contribution in [0.4, 0.5) is 8.78 Å². The van der Waals surface area contributed by atoms with E-state index in [0.29, 0.717) is 11.3 Å². The van der Waals surface area contributed by atoms with Gasteiger partial charge in [0.2, 0.25) is 0 Å². The first-order valence-corrected chi connectivity index (χ1v) is 5.54. The molecule has 0 aliphatic heterocycles. The van der Waals surface area contributed by atoms with E-state index in [4.69, 9.17) is 0 Å². The molecule has 0 spiro atoms. The van der Waals surface area contributed by atoms with E-state index in [2.05, 4.69) is 0 Å². The zero-order valence-electron chi connectivity index (χ0n) is 8.59. The Kier molecular flexibility index (Phi) is 4.27. The van der Waals surface area contributed by atoms with Crippen LogP contribution in [0, 0.1) is 11.6 Å². The van der Waals surface area contributed by atoms with Crippen molar-refractivity contribution in [2.75, 3.05) is 0 Å². The zero-order valence-corrected chi connectivity index (χ0v) is 9.41. The van der Waals surface area contributed by atoms with Crippen molar-refractivity contribution in [2.45, 2.75) is 30.4 Å². The number of ketones is 1.